The van der Waals surface area contributed by atoms with E-state index < -0.39 is 10.0 Å². The molecule has 1 heterocycles. The highest BCUT2D eigenvalue weighted by Gasteiger charge is 2.17. The lowest BCUT2D eigenvalue weighted by Gasteiger charge is -2.11. The van der Waals surface area contributed by atoms with Gasteiger partial charge in [0.1, 0.15) is 5.84 Å². The molecule has 0 unspecified atom stereocenters. The molecule has 166 valence electrons. The highest BCUT2D eigenvalue weighted by atomic mass is 32.2. The maximum Gasteiger partial charge on any atom is 0.262 e. The Morgan fingerprint density at radius 3 is 2.53 bits per heavy atom. The van der Waals surface area contributed by atoms with Crippen molar-refractivity contribution in [1.29, 1.82) is 0 Å². The van der Waals surface area contributed by atoms with Gasteiger partial charge in [0.2, 0.25) is 5.91 Å². The molecular weight excluding hydrogens is 442 g/mol. The number of benzene rings is 3. The quantitative estimate of drug-likeness (QED) is 0.509. The van der Waals surface area contributed by atoms with Crippen LogP contribution in [0.3, 0.4) is 0 Å². The second-order valence-corrected chi connectivity index (χ2v) is 10.3. The predicted octanol–water partition coefficient (Wildman–Crippen LogP) is 4.82. The van der Waals surface area contributed by atoms with E-state index in [1.165, 1.54) is 23.9 Å². The maximum atomic E-state index is 12.6. The van der Waals surface area contributed by atoms with E-state index in [2.05, 4.69) is 27.2 Å². The summed E-state index contributed by atoms with van der Waals surface area (Å²) in [5.41, 5.74) is 0.555. The number of rotatable bonds is 6. The molecule has 2 N–H and O–H groups in total. The molecule has 0 saturated heterocycles. The second kappa shape index (κ2) is 10.2. The van der Waals surface area contributed by atoms with Crippen LogP contribution in [0, 0.1) is 0 Å². The van der Waals surface area contributed by atoms with E-state index in [4.69, 9.17) is 0 Å². The Morgan fingerprint density at radius 1 is 0.938 bits per heavy atom. The molecule has 8 heteroatoms. The lowest BCUT2D eigenvalue weighted by Crippen LogP contribution is -2.30. The molecular formula is C24H25N3O3S2. The molecule has 4 rings (SSSR count). The Hall–Kier alpha value is -2.84. The standard InChI is InChI=1S/C24H25N3O3S2/c28-24(17-31-21-12-9-18-6-3-4-7-19(18)16-21)26-20-10-13-22(14-11-20)32(29,30)27-23-8-2-1-5-15-25-23/h3-4,6-7,9-14,16H,1-2,5,8,15,17H2,(H,25,27)(H,26,28). The van der Waals surface area contributed by atoms with Crippen LogP contribution in [0.2, 0.25) is 0 Å². The molecule has 0 aromatic heterocycles. The summed E-state index contributed by atoms with van der Waals surface area (Å²) in [7, 11) is -3.68. The number of amidine groups is 1. The van der Waals surface area contributed by atoms with Crippen LogP contribution in [0.15, 0.2) is 81.5 Å². The van der Waals surface area contributed by atoms with E-state index in [-0.39, 0.29) is 16.6 Å². The summed E-state index contributed by atoms with van der Waals surface area (Å²) in [4.78, 5) is 17.8. The highest BCUT2D eigenvalue weighted by Crippen LogP contribution is 2.24. The molecule has 0 fully saturated rings. The minimum Gasteiger partial charge on any atom is -0.325 e. The van der Waals surface area contributed by atoms with Gasteiger partial charge in [-0.15, -0.1) is 11.8 Å². The van der Waals surface area contributed by atoms with Gasteiger partial charge in [0.25, 0.3) is 10.0 Å². The molecule has 3 aromatic rings. The molecule has 6 nitrogen and oxygen atoms in total. The zero-order valence-corrected chi connectivity index (χ0v) is 19.2. The third-order valence-electron chi connectivity index (χ3n) is 5.17. The summed E-state index contributed by atoms with van der Waals surface area (Å²) < 4.78 is 27.8. The lowest BCUT2D eigenvalue weighted by atomic mass is 10.1. The largest absolute Gasteiger partial charge is 0.325 e. The van der Waals surface area contributed by atoms with Crippen LogP contribution in [-0.2, 0) is 14.8 Å². The van der Waals surface area contributed by atoms with Gasteiger partial charge in [-0.05, 0) is 60.0 Å². The van der Waals surface area contributed by atoms with Gasteiger partial charge >= 0.3 is 0 Å². The number of hydrogen-bond donors (Lipinski definition) is 2. The van der Waals surface area contributed by atoms with E-state index in [1.54, 1.807) is 12.1 Å². The first-order valence-corrected chi connectivity index (χ1v) is 13.0. The van der Waals surface area contributed by atoms with Gasteiger partial charge in [0, 0.05) is 23.5 Å². The second-order valence-electron chi connectivity index (χ2n) is 7.61. The number of carbonyl (C=O) groups excluding carboxylic acids is 1. The summed E-state index contributed by atoms with van der Waals surface area (Å²) in [6.07, 6.45) is 3.62. The summed E-state index contributed by atoms with van der Waals surface area (Å²) in [6.45, 7) is 0.653. The number of thioether (sulfide) groups is 1. The van der Waals surface area contributed by atoms with Crippen molar-refractivity contribution in [3.8, 4) is 0 Å². The Balaban J connectivity index is 1.33. The molecule has 0 bridgehead atoms. The monoisotopic (exact) mass is 467 g/mol. The molecule has 32 heavy (non-hydrogen) atoms. The van der Waals surface area contributed by atoms with Crippen molar-refractivity contribution in [3.63, 3.8) is 0 Å². The predicted molar refractivity (Wildman–Crippen MR) is 131 cm³/mol. The first kappa shape index (κ1) is 22.4. The number of sulfonamides is 1. The van der Waals surface area contributed by atoms with Gasteiger partial charge in [-0.1, -0.05) is 36.8 Å². The highest BCUT2D eigenvalue weighted by molar-refractivity contribution is 8.00. The van der Waals surface area contributed by atoms with Gasteiger partial charge in [0.15, 0.2) is 0 Å². The summed E-state index contributed by atoms with van der Waals surface area (Å²) in [6, 6.07) is 20.4. The number of anilines is 1. The van der Waals surface area contributed by atoms with Crippen molar-refractivity contribution in [2.24, 2.45) is 4.99 Å². The Kier molecular flexibility index (Phi) is 7.12. The Bertz CT molecular complexity index is 1240. The van der Waals surface area contributed by atoms with Crippen LogP contribution in [0.4, 0.5) is 5.69 Å². The third kappa shape index (κ3) is 5.89. The first-order valence-electron chi connectivity index (χ1n) is 10.6. The fourth-order valence-corrected chi connectivity index (χ4v) is 5.33. The molecule has 1 aliphatic rings. The van der Waals surface area contributed by atoms with Gasteiger partial charge in [-0.2, -0.15) is 0 Å². The SMILES string of the molecule is O=C(CSc1ccc2ccccc2c1)Nc1ccc(S(=O)(=O)NC2=NCCCCC2)cc1. The smallest absolute Gasteiger partial charge is 0.262 e. The van der Waals surface area contributed by atoms with Crippen LogP contribution >= 0.6 is 11.8 Å². The van der Waals surface area contributed by atoms with Crippen molar-refractivity contribution in [1.82, 2.24) is 4.72 Å². The topological polar surface area (TPSA) is 87.6 Å². The zero-order valence-electron chi connectivity index (χ0n) is 17.6. The third-order valence-corrected chi connectivity index (χ3v) is 7.56. The van der Waals surface area contributed by atoms with Crippen molar-refractivity contribution < 1.29 is 13.2 Å². The molecule has 0 saturated carbocycles. The maximum absolute atomic E-state index is 12.6. The minimum absolute atomic E-state index is 0.146. The number of amides is 1. The number of nitrogens with one attached hydrogen (secondary N) is 2. The normalized spacial score (nSPS) is 14.4. The summed E-state index contributed by atoms with van der Waals surface area (Å²) in [5.74, 6) is 0.634. The van der Waals surface area contributed by atoms with Crippen molar-refractivity contribution in [2.45, 2.75) is 35.5 Å². The minimum atomic E-state index is -3.68. The van der Waals surface area contributed by atoms with Crippen molar-refractivity contribution in [3.05, 3.63) is 66.7 Å². The fraction of sp³-hybridized carbons (Fsp3) is 0.250. The average Bonchev–Trinajstić information content (AvgIpc) is 3.06. The Morgan fingerprint density at radius 2 is 1.72 bits per heavy atom. The molecule has 0 atom stereocenters. The van der Waals surface area contributed by atoms with Gasteiger partial charge in [-0.3, -0.25) is 14.5 Å². The number of nitrogens with zero attached hydrogens (tertiary/aromatic N) is 1. The fourth-order valence-electron chi connectivity index (χ4n) is 3.49. The number of hydrogen-bond acceptors (Lipinski definition) is 5. The summed E-state index contributed by atoms with van der Waals surface area (Å²) >= 11 is 1.46. The molecule has 0 radical (unpaired) electrons. The van der Waals surface area contributed by atoms with E-state index >= 15 is 0 Å². The number of carbonyl (C=O) groups is 1. The van der Waals surface area contributed by atoms with Crippen LogP contribution < -0.4 is 10.0 Å². The zero-order chi connectivity index (χ0) is 22.4. The van der Waals surface area contributed by atoms with E-state index in [9.17, 15) is 13.2 Å². The van der Waals surface area contributed by atoms with Gasteiger partial charge < -0.3 is 5.32 Å². The van der Waals surface area contributed by atoms with E-state index in [0.717, 1.165) is 34.9 Å². The molecule has 3 aromatic carbocycles. The van der Waals surface area contributed by atoms with Crippen LogP contribution in [0.5, 0.6) is 0 Å². The molecule has 0 spiro atoms. The van der Waals surface area contributed by atoms with Crippen molar-refractivity contribution in [2.75, 3.05) is 17.6 Å². The molecule has 1 aliphatic heterocycles. The van der Waals surface area contributed by atoms with Gasteiger partial charge in [0.05, 0.1) is 10.6 Å². The van der Waals surface area contributed by atoms with Gasteiger partial charge in [-0.25, -0.2) is 8.42 Å². The lowest BCUT2D eigenvalue weighted by molar-refractivity contribution is -0.113. The molecule has 1 amide bonds. The van der Waals surface area contributed by atoms with Crippen LogP contribution in [0.1, 0.15) is 25.7 Å². The van der Waals surface area contributed by atoms with Crippen molar-refractivity contribution >= 4 is 50.0 Å². The number of aliphatic imine (C=N–C) groups is 1. The Labute approximate surface area is 192 Å². The first-order chi connectivity index (χ1) is 15.5. The average molecular weight is 468 g/mol. The van der Waals surface area contributed by atoms with E-state index in [0.29, 0.717) is 24.5 Å². The van der Waals surface area contributed by atoms with E-state index in [1.807, 2.05) is 30.3 Å². The van der Waals surface area contributed by atoms with Crippen LogP contribution in [0.25, 0.3) is 10.8 Å². The van der Waals surface area contributed by atoms with Crippen LogP contribution in [-0.4, -0.2) is 32.5 Å². The molecule has 0 aliphatic carbocycles. The summed E-state index contributed by atoms with van der Waals surface area (Å²) in [5, 5.41) is 5.12. The number of fused-ring (bicyclic) bond motifs is 1.